The number of benzene rings is 2. The standard InChI is InChI=1S/C16H15Br3O2/c1-2-20-15-8-11(9-17)7-14(19)16(15)21-10-12-5-3-4-6-13(12)18/h3-8H,2,9-10H2,1H3. The van der Waals surface area contributed by atoms with Crippen LogP contribution < -0.4 is 9.47 Å². The molecule has 0 saturated heterocycles. The van der Waals surface area contributed by atoms with Gasteiger partial charge < -0.3 is 9.47 Å². The van der Waals surface area contributed by atoms with Crippen LogP contribution in [0.15, 0.2) is 45.3 Å². The maximum absolute atomic E-state index is 5.97. The highest BCUT2D eigenvalue weighted by Gasteiger charge is 2.12. The monoisotopic (exact) mass is 476 g/mol. The van der Waals surface area contributed by atoms with E-state index in [-0.39, 0.29) is 0 Å². The SMILES string of the molecule is CCOc1cc(CBr)cc(Br)c1OCc1ccccc1Br. The minimum absolute atomic E-state index is 0.480. The van der Waals surface area contributed by atoms with Crippen LogP contribution in [0, 0.1) is 0 Å². The molecular weight excluding hydrogens is 464 g/mol. The molecule has 112 valence electrons. The quantitative estimate of drug-likeness (QED) is 0.468. The third-order valence-corrected chi connectivity index (χ3v) is 4.86. The topological polar surface area (TPSA) is 18.5 Å². The van der Waals surface area contributed by atoms with Crippen LogP contribution in [0.2, 0.25) is 0 Å². The molecule has 0 aliphatic rings. The fourth-order valence-electron chi connectivity index (χ4n) is 1.87. The zero-order valence-electron chi connectivity index (χ0n) is 11.5. The summed E-state index contributed by atoms with van der Waals surface area (Å²) in [6.07, 6.45) is 0. The summed E-state index contributed by atoms with van der Waals surface area (Å²) in [5, 5.41) is 0.774. The zero-order valence-corrected chi connectivity index (χ0v) is 16.3. The second-order valence-corrected chi connectivity index (χ2v) is 6.62. The van der Waals surface area contributed by atoms with Crippen molar-refractivity contribution in [2.75, 3.05) is 6.61 Å². The van der Waals surface area contributed by atoms with E-state index in [9.17, 15) is 0 Å². The molecule has 0 N–H and O–H groups in total. The Labute approximate surface area is 150 Å². The first-order valence-electron chi connectivity index (χ1n) is 6.53. The number of hydrogen-bond donors (Lipinski definition) is 0. The summed E-state index contributed by atoms with van der Waals surface area (Å²) in [5.74, 6) is 1.49. The third kappa shape index (κ3) is 4.47. The van der Waals surface area contributed by atoms with Gasteiger partial charge >= 0.3 is 0 Å². The van der Waals surface area contributed by atoms with Crippen LogP contribution in [0.4, 0.5) is 0 Å². The summed E-state index contributed by atoms with van der Waals surface area (Å²) in [6, 6.07) is 12.1. The highest BCUT2D eigenvalue weighted by atomic mass is 79.9. The van der Waals surface area contributed by atoms with Gasteiger partial charge in [0.15, 0.2) is 11.5 Å². The largest absolute Gasteiger partial charge is 0.490 e. The molecule has 0 aliphatic heterocycles. The Morgan fingerprint density at radius 2 is 1.76 bits per heavy atom. The molecule has 0 aliphatic carbocycles. The molecule has 0 heterocycles. The maximum atomic E-state index is 5.97. The Morgan fingerprint density at radius 1 is 1.00 bits per heavy atom. The molecule has 2 aromatic rings. The smallest absolute Gasteiger partial charge is 0.175 e. The summed E-state index contributed by atoms with van der Waals surface area (Å²) >= 11 is 10.6. The second kappa shape index (κ2) is 8.20. The molecule has 0 unspecified atom stereocenters. The molecule has 0 radical (unpaired) electrons. The van der Waals surface area contributed by atoms with Crippen molar-refractivity contribution in [2.45, 2.75) is 18.9 Å². The molecule has 2 rings (SSSR count). The van der Waals surface area contributed by atoms with Gasteiger partial charge in [-0.3, -0.25) is 0 Å². The predicted molar refractivity (Wildman–Crippen MR) is 96.4 cm³/mol. The molecule has 0 aromatic heterocycles. The summed E-state index contributed by atoms with van der Waals surface area (Å²) in [5.41, 5.74) is 2.23. The van der Waals surface area contributed by atoms with Crippen LogP contribution >= 0.6 is 47.8 Å². The van der Waals surface area contributed by atoms with Gasteiger partial charge in [0.25, 0.3) is 0 Å². The van der Waals surface area contributed by atoms with Gasteiger partial charge in [-0.2, -0.15) is 0 Å². The zero-order chi connectivity index (χ0) is 15.2. The molecule has 0 saturated carbocycles. The number of alkyl halides is 1. The lowest BCUT2D eigenvalue weighted by Crippen LogP contribution is -2.01. The summed E-state index contributed by atoms with van der Waals surface area (Å²) in [6.45, 7) is 3.05. The molecule has 0 fully saturated rings. The van der Waals surface area contributed by atoms with E-state index in [2.05, 4.69) is 47.8 Å². The molecule has 2 nitrogen and oxygen atoms in total. The summed E-state index contributed by atoms with van der Waals surface area (Å²) in [4.78, 5) is 0. The van der Waals surface area contributed by atoms with Gasteiger partial charge in [0.2, 0.25) is 0 Å². The van der Waals surface area contributed by atoms with Gasteiger partial charge in [0.1, 0.15) is 6.61 Å². The van der Waals surface area contributed by atoms with E-state index < -0.39 is 0 Å². The van der Waals surface area contributed by atoms with E-state index in [1.54, 1.807) is 0 Å². The van der Waals surface area contributed by atoms with Gasteiger partial charge in [-0.05, 0) is 46.6 Å². The van der Waals surface area contributed by atoms with Gasteiger partial charge in [-0.15, -0.1) is 0 Å². The van der Waals surface area contributed by atoms with Crippen molar-refractivity contribution in [1.29, 1.82) is 0 Å². The van der Waals surface area contributed by atoms with E-state index in [0.717, 1.165) is 36.9 Å². The molecule has 5 heteroatoms. The van der Waals surface area contributed by atoms with E-state index in [4.69, 9.17) is 9.47 Å². The highest BCUT2D eigenvalue weighted by Crippen LogP contribution is 2.38. The fraction of sp³-hybridized carbons (Fsp3) is 0.250. The van der Waals surface area contributed by atoms with E-state index in [0.29, 0.717) is 13.2 Å². The first kappa shape index (κ1) is 16.8. The Balaban J connectivity index is 2.24. The molecule has 2 aromatic carbocycles. The lowest BCUT2D eigenvalue weighted by molar-refractivity contribution is 0.267. The van der Waals surface area contributed by atoms with Crippen molar-refractivity contribution in [1.82, 2.24) is 0 Å². The summed E-state index contributed by atoms with van der Waals surface area (Å²) < 4.78 is 13.6. The van der Waals surface area contributed by atoms with Crippen molar-refractivity contribution in [2.24, 2.45) is 0 Å². The third-order valence-electron chi connectivity index (χ3n) is 2.85. The first-order chi connectivity index (χ1) is 10.2. The van der Waals surface area contributed by atoms with E-state index >= 15 is 0 Å². The average molecular weight is 479 g/mol. The van der Waals surface area contributed by atoms with E-state index in [1.165, 1.54) is 0 Å². The second-order valence-electron chi connectivity index (χ2n) is 4.35. The Kier molecular flexibility index (Phi) is 6.58. The minimum Gasteiger partial charge on any atom is -0.490 e. The first-order valence-corrected chi connectivity index (χ1v) is 9.23. The van der Waals surface area contributed by atoms with Gasteiger partial charge in [-0.25, -0.2) is 0 Å². The molecule has 0 spiro atoms. The van der Waals surface area contributed by atoms with Crippen LogP contribution in [-0.4, -0.2) is 6.61 Å². The minimum atomic E-state index is 0.480. The van der Waals surface area contributed by atoms with Gasteiger partial charge in [-0.1, -0.05) is 50.1 Å². The fourth-order valence-corrected chi connectivity index (χ4v) is 3.19. The number of ether oxygens (including phenoxy) is 2. The van der Waals surface area contributed by atoms with Gasteiger partial charge in [0.05, 0.1) is 11.1 Å². The van der Waals surface area contributed by atoms with Crippen LogP contribution in [0.5, 0.6) is 11.5 Å². The van der Waals surface area contributed by atoms with Crippen LogP contribution in [0.1, 0.15) is 18.1 Å². The normalized spacial score (nSPS) is 10.5. The number of rotatable bonds is 6. The van der Waals surface area contributed by atoms with Crippen molar-refractivity contribution in [3.05, 3.63) is 56.5 Å². The number of hydrogen-bond acceptors (Lipinski definition) is 2. The lowest BCUT2D eigenvalue weighted by atomic mass is 10.2. The highest BCUT2D eigenvalue weighted by molar-refractivity contribution is 9.11. The Bertz CT molecular complexity index is 614. The van der Waals surface area contributed by atoms with Crippen LogP contribution in [-0.2, 0) is 11.9 Å². The summed E-state index contributed by atoms with van der Waals surface area (Å²) in [7, 11) is 0. The van der Waals surface area contributed by atoms with Crippen molar-refractivity contribution >= 4 is 47.8 Å². The van der Waals surface area contributed by atoms with Crippen molar-refractivity contribution in [3.63, 3.8) is 0 Å². The van der Waals surface area contributed by atoms with Crippen LogP contribution in [0.3, 0.4) is 0 Å². The maximum Gasteiger partial charge on any atom is 0.175 e. The number of halogens is 3. The van der Waals surface area contributed by atoms with Crippen molar-refractivity contribution in [3.8, 4) is 11.5 Å². The van der Waals surface area contributed by atoms with Crippen molar-refractivity contribution < 1.29 is 9.47 Å². The van der Waals surface area contributed by atoms with Crippen LogP contribution in [0.25, 0.3) is 0 Å². The molecule has 0 bridgehead atoms. The molecule has 21 heavy (non-hydrogen) atoms. The lowest BCUT2D eigenvalue weighted by Gasteiger charge is -2.15. The van der Waals surface area contributed by atoms with Gasteiger partial charge in [0, 0.05) is 15.4 Å². The van der Waals surface area contributed by atoms with E-state index in [1.807, 2.05) is 43.3 Å². The Hall–Kier alpha value is -0.520. The Morgan fingerprint density at radius 3 is 2.43 bits per heavy atom. The average Bonchev–Trinajstić information content (AvgIpc) is 2.48. The predicted octanol–water partition coefficient (Wildman–Crippen LogP) is 6.08. The molecular formula is C16H15Br3O2. The molecule has 0 atom stereocenters. The molecule has 0 amide bonds.